The summed E-state index contributed by atoms with van der Waals surface area (Å²) in [6, 6.07) is 8.45. The number of thiol groups is 1. The number of rotatable bonds is 3. The minimum absolute atomic E-state index is 0.211. The van der Waals surface area contributed by atoms with Gasteiger partial charge in [0.2, 0.25) is 0 Å². The van der Waals surface area contributed by atoms with E-state index in [2.05, 4.69) is 32.9 Å². The van der Waals surface area contributed by atoms with Crippen molar-refractivity contribution in [2.45, 2.75) is 18.6 Å². The van der Waals surface area contributed by atoms with E-state index in [1.54, 1.807) is 30.9 Å². The maximum absolute atomic E-state index is 14.3. The molecule has 0 spiro atoms. The van der Waals surface area contributed by atoms with E-state index in [4.69, 9.17) is 0 Å². The van der Waals surface area contributed by atoms with Gasteiger partial charge in [0.15, 0.2) is 11.0 Å². The number of aromatic nitrogens is 6. The lowest BCUT2D eigenvalue weighted by Crippen LogP contribution is -2.23. The summed E-state index contributed by atoms with van der Waals surface area (Å²) in [6.07, 6.45) is 1.59. The zero-order chi connectivity index (χ0) is 19.1. The molecule has 9 heteroatoms. The van der Waals surface area contributed by atoms with E-state index < -0.39 is 11.4 Å². The van der Waals surface area contributed by atoms with E-state index in [0.717, 1.165) is 16.6 Å². The third-order valence-corrected chi connectivity index (χ3v) is 4.41. The zero-order valence-electron chi connectivity index (χ0n) is 14.6. The second-order valence-electron chi connectivity index (χ2n) is 6.24. The summed E-state index contributed by atoms with van der Waals surface area (Å²) in [4.78, 5) is 20.6. The predicted octanol–water partition coefficient (Wildman–Crippen LogP) is 2.37. The molecule has 0 unspecified atom stereocenters. The van der Waals surface area contributed by atoms with Crippen LogP contribution in [0.15, 0.2) is 46.5 Å². The van der Waals surface area contributed by atoms with Crippen molar-refractivity contribution in [1.29, 1.82) is 0 Å². The highest BCUT2D eigenvalue weighted by molar-refractivity contribution is 7.80. The van der Waals surface area contributed by atoms with Gasteiger partial charge in [-0.25, -0.2) is 19.0 Å². The van der Waals surface area contributed by atoms with Crippen molar-refractivity contribution in [3.05, 3.63) is 64.0 Å². The minimum Gasteiger partial charge on any atom is -0.308 e. The fourth-order valence-corrected chi connectivity index (χ4v) is 3.19. The molecule has 4 rings (SSSR count). The summed E-state index contributed by atoms with van der Waals surface area (Å²) in [6.45, 7) is 2.01. The molecule has 0 aliphatic heterocycles. The molecule has 0 fully saturated rings. The standard InChI is InChI=1S/C18H15FN6OS/c1-10-5-15(21-18(27)20-10)12-7-13(19)17(26)25(9-12)8-11-3-4-14-16(6-11)24(2)23-22-14/h3-7,9H,8H2,1-2H3,(H,20,21,27). The smallest absolute Gasteiger partial charge is 0.286 e. The number of benzene rings is 1. The Morgan fingerprint density at radius 2 is 2.00 bits per heavy atom. The maximum atomic E-state index is 14.3. The minimum atomic E-state index is -0.840. The van der Waals surface area contributed by atoms with Gasteiger partial charge in [0.25, 0.3) is 5.56 Å². The molecule has 3 aromatic heterocycles. The molecule has 27 heavy (non-hydrogen) atoms. The fraction of sp³-hybridized carbons (Fsp3) is 0.167. The number of hydrogen-bond acceptors (Lipinski definition) is 6. The Bertz CT molecular complexity index is 1210. The third kappa shape index (κ3) is 3.33. The van der Waals surface area contributed by atoms with Crippen LogP contribution in [0, 0.1) is 12.7 Å². The van der Waals surface area contributed by atoms with Crippen molar-refractivity contribution in [3.63, 3.8) is 0 Å². The van der Waals surface area contributed by atoms with Crippen LogP contribution in [0.25, 0.3) is 22.3 Å². The van der Waals surface area contributed by atoms with E-state index in [-0.39, 0.29) is 11.7 Å². The summed E-state index contributed by atoms with van der Waals surface area (Å²) in [5.41, 5.74) is 3.42. The van der Waals surface area contributed by atoms with Gasteiger partial charge in [0, 0.05) is 24.5 Å². The molecule has 0 bridgehead atoms. The molecule has 0 amide bonds. The molecular formula is C18H15FN6OS. The van der Waals surface area contributed by atoms with Crippen LogP contribution in [0.3, 0.4) is 0 Å². The van der Waals surface area contributed by atoms with Crippen molar-refractivity contribution in [2.75, 3.05) is 0 Å². The Morgan fingerprint density at radius 1 is 1.19 bits per heavy atom. The monoisotopic (exact) mass is 382 g/mol. The van der Waals surface area contributed by atoms with Gasteiger partial charge >= 0.3 is 0 Å². The summed E-state index contributed by atoms with van der Waals surface area (Å²) in [5.74, 6) is -0.840. The number of hydrogen-bond donors (Lipinski definition) is 1. The molecule has 0 atom stereocenters. The molecule has 0 radical (unpaired) electrons. The molecule has 1 aromatic carbocycles. The van der Waals surface area contributed by atoms with Crippen LogP contribution in [0.5, 0.6) is 0 Å². The average molecular weight is 382 g/mol. The first-order chi connectivity index (χ1) is 12.9. The second-order valence-corrected chi connectivity index (χ2v) is 6.64. The van der Waals surface area contributed by atoms with Crippen molar-refractivity contribution in [1.82, 2.24) is 29.5 Å². The van der Waals surface area contributed by atoms with Gasteiger partial charge in [-0.15, -0.1) is 17.7 Å². The summed E-state index contributed by atoms with van der Waals surface area (Å²) in [5, 5.41) is 8.28. The quantitative estimate of drug-likeness (QED) is 0.435. The molecule has 0 aliphatic carbocycles. The summed E-state index contributed by atoms with van der Waals surface area (Å²) < 4.78 is 17.3. The van der Waals surface area contributed by atoms with Crippen molar-refractivity contribution in [2.24, 2.45) is 7.05 Å². The highest BCUT2D eigenvalue weighted by atomic mass is 32.1. The van der Waals surface area contributed by atoms with Crippen molar-refractivity contribution >= 4 is 23.7 Å². The first kappa shape index (κ1) is 17.3. The van der Waals surface area contributed by atoms with Gasteiger partial charge in [-0.1, -0.05) is 11.3 Å². The van der Waals surface area contributed by atoms with Gasteiger partial charge in [-0.2, -0.15) is 0 Å². The second kappa shape index (κ2) is 6.58. The number of halogens is 1. The van der Waals surface area contributed by atoms with E-state index in [9.17, 15) is 9.18 Å². The first-order valence-corrected chi connectivity index (χ1v) is 8.59. The normalized spacial score (nSPS) is 11.3. The predicted molar refractivity (Wildman–Crippen MR) is 101 cm³/mol. The van der Waals surface area contributed by atoms with Crippen LogP contribution >= 0.6 is 12.6 Å². The average Bonchev–Trinajstić information content (AvgIpc) is 2.98. The van der Waals surface area contributed by atoms with Gasteiger partial charge in [-0.05, 0) is 36.8 Å². The number of nitrogens with zero attached hydrogens (tertiary/aromatic N) is 6. The third-order valence-electron chi connectivity index (χ3n) is 4.21. The van der Waals surface area contributed by atoms with Crippen LogP contribution < -0.4 is 5.56 Å². The molecule has 0 aliphatic rings. The van der Waals surface area contributed by atoms with Crippen LogP contribution in [0.1, 0.15) is 11.3 Å². The number of aryl methyl sites for hydroxylation is 2. The Morgan fingerprint density at radius 3 is 2.78 bits per heavy atom. The molecule has 0 saturated carbocycles. The summed E-state index contributed by atoms with van der Waals surface area (Å²) >= 11 is 4.17. The van der Waals surface area contributed by atoms with Crippen LogP contribution in [0.2, 0.25) is 0 Å². The lowest BCUT2D eigenvalue weighted by Gasteiger charge is -2.10. The van der Waals surface area contributed by atoms with Crippen LogP contribution in [0.4, 0.5) is 4.39 Å². The van der Waals surface area contributed by atoms with Gasteiger partial charge in [-0.3, -0.25) is 4.79 Å². The fourth-order valence-electron chi connectivity index (χ4n) is 2.93. The lowest BCUT2D eigenvalue weighted by atomic mass is 10.1. The zero-order valence-corrected chi connectivity index (χ0v) is 15.5. The summed E-state index contributed by atoms with van der Waals surface area (Å²) in [7, 11) is 1.79. The Balaban J connectivity index is 1.78. The highest BCUT2D eigenvalue weighted by Gasteiger charge is 2.11. The van der Waals surface area contributed by atoms with E-state index in [1.165, 1.54) is 10.6 Å². The van der Waals surface area contributed by atoms with Crippen molar-refractivity contribution in [3.8, 4) is 11.3 Å². The Hall–Kier alpha value is -3.07. The molecular weight excluding hydrogens is 367 g/mol. The van der Waals surface area contributed by atoms with Crippen LogP contribution in [-0.4, -0.2) is 29.5 Å². The Kier molecular flexibility index (Phi) is 4.23. The number of pyridine rings is 1. The van der Waals surface area contributed by atoms with Gasteiger partial charge in [0.1, 0.15) is 5.52 Å². The molecule has 0 saturated heterocycles. The highest BCUT2D eigenvalue weighted by Crippen LogP contribution is 2.19. The van der Waals surface area contributed by atoms with Crippen LogP contribution in [-0.2, 0) is 13.6 Å². The largest absolute Gasteiger partial charge is 0.308 e. The number of fused-ring (bicyclic) bond motifs is 1. The van der Waals surface area contributed by atoms with E-state index in [0.29, 0.717) is 17.0 Å². The first-order valence-electron chi connectivity index (χ1n) is 8.14. The SMILES string of the molecule is Cc1cc(-c2cc(F)c(=O)n(Cc3ccc4nnn(C)c4c3)c2)nc(S)n1. The van der Waals surface area contributed by atoms with E-state index >= 15 is 0 Å². The Labute approximate surface area is 158 Å². The van der Waals surface area contributed by atoms with Gasteiger partial charge < -0.3 is 4.57 Å². The van der Waals surface area contributed by atoms with Crippen molar-refractivity contribution < 1.29 is 4.39 Å². The lowest BCUT2D eigenvalue weighted by molar-refractivity contribution is 0.581. The molecule has 0 N–H and O–H groups in total. The molecule has 4 aromatic rings. The van der Waals surface area contributed by atoms with E-state index in [1.807, 2.05) is 18.2 Å². The topological polar surface area (TPSA) is 78.5 Å². The molecule has 7 nitrogen and oxygen atoms in total. The maximum Gasteiger partial charge on any atom is 0.286 e. The molecule has 3 heterocycles. The molecule has 136 valence electrons. The van der Waals surface area contributed by atoms with Gasteiger partial charge in [0.05, 0.1) is 17.8 Å².